The van der Waals surface area contributed by atoms with Gasteiger partial charge in [-0.2, -0.15) is 0 Å². The minimum atomic E-state index is -3.42. The van der Waals surface area contributed by atoms with Crippen molar-refractivity contribution in [2.45, 2.75) is 18.7 Å². The number of rotatable bonds is 5. The second kappa shape index (κ2) is 5.82. The molecule has 0 aliphatic carbocycles. The van der Waals surface area contributed by atoms with Crippen LogP contribution in [0.4, 0.5) is 0 Å². The van der Waals surface area contributed by atoms with E-state index in [-0.39, 0.29) is 17.3 Å². The number of ether oxygens (including phenoxy) is 1. The molecule has 0 bridgehead atoms. The molecule has 98 valence electrons. The van der Waals surface area contributed by atoms with Gasteiger partial charge in [-0.25, -0.2) is 8.42 Å². The highest BCUT2D eigenvalue weighted by Gasteiger charge is 2.16. The zero-order valence-corrected chi connectivity index (χ0v) is 11.3. The molecule has 0 spiro atoms. The predicted molar refractivity (Wildman–Crippen MR) is 69.0 cm³/mol. The average Bonchev–Trinajstić information content (AvgIpc) is 2.26. The van der Waals surface area contributed by atoms with Crippen LogP contribution < -0.4 is 0 Å². The van der Waals surface area contributed by atoms with Gasteiger partial charge in [0.15, 0.2) is 9.84 Å². The van der Waals surface area contributed by atoms with Crippen LogP contribution in [0, 0.1) is 6.92 Å². The quantitative estimate of drug-likeness (QED) is 0.604. The summed E-state index contributed by atoms with van der Waals surface area (Å²) in [4.78, 5) is 10.9. The Morgan fingerprint density at radius 1 is 1.28 bits per heavy atom. The summed E-state index contributed by atoms with van der Waals surface area (Å²) in [6, 6.07) is 6.59. The lowest BCUT2D eigenvalue weighted by molar-refractivity contribution is -0.139. The summed E-state index contributed by atoms with van der Waals surface area (Å²) in [6.07, 6.45) is 0. The number of carbonyl (C=O) groups is 1. The largest absolute Gasteiger partial charge is 0.461 e. The first-order valence-electron chi connectivity index (χ1n) is 5.41. The van der Waals surface area contributed by atoms with Crippen LogP contribution >= 0.6 is 0 Å². The van der Waals surface area contributed by atoms with E-state index in [0.29, 0.717) is 5.57 Å². The van der Waals surface area contributed by atoms with Gasteiger partial charge in [0.25, 0.3) is 0 Å². The van der Waals surface area contributed by atoms with E-state index in [2.05, 4.69) is 6.58 Å². The van der Waals surface area contributed by atoms with Gasteiger partial charge in [-0.15, -0.1) is 0 Å². The molecule has 0 aromatic heterocycles. The Morgan fingerprint density at radius 3 is 2.33 bits per heavy atom. The molecule has 0 amide bonds. The maximum atomic E-state index is 12.0. The summed E-state index contributed by atoms with van der Waals surface area (Å²) >= 11 is 0. The number of aryl methyl sites for hydroxylation is 1. The van der Waals surface area contributed by atoms with Gasteiger partial charge in [0, 0.05) is 6.92 Å². The second-order valence-corrected chi connectivity index (χ2v) is 6.09. The number of sulfone groups is 1. The number of esters is 1. The molecule has 1 rings (SSSR count). The van der Waals surface area contributed by atoms with Crippen molar-refractivity contribution in [3.8, 4) is 0 Å². The summed E-state index contributed by atoms with van der Waals surface area (Å²) in [7, 11) is -3.42. The van der Waals surface area contributed by atoms with Crippen LogP contribution in [0.15, 0.2) is 41.3 Å². The maximum absolute atomic E-state index is 12.0. The third kappa shape index (κ3) is 4.33. The molecular weight excluding hydrogens is 252 g/mol. The molecule has 0 fully saturated rings. The zero-order valence-electron chi connectivity index (χ0n) is 10.5. The fourth-order valence-electron chi connectivity index (χ4n) is 1.34. The van der Waals surface area contributed by atoms with Crippen LogP contribution in [0.5, 0.6) is 0 Å². The van der Waals surface area contributed by atoms with E-state index < -0.39 is 15.8 Å². The third-order valence-electron chi connectivity index (χ3n) is 2.25. The Hall–Kier alpha value is -1.62. The van der Waals surface area contributed by atoms with Crippen LogP contribution in [0.1, 0.15) is 12.5 Å². The molecule has 0 radical (unpaired) electrons. The van der Waals surface area contributed by atoms with Gasteiger partial charge in [-0.05, 0) is 24.6 Å². The van der Waals surface area contributed by atoms with Crippen molar-refractivity contribution in [2.24, 2.45) is 0 Å². The molecule has 1 aromatic carbocycles. The molecular formula is C13H16O4S. The summed E-state index contributed by atoms with van der Waals surface area (Å²) in [5.74, 6) is -0.674. The van der Waals surface area contributed by atoms with Gasteiger partial charge >= 0.3 is 5.97 Å². The van der Waals surface area contributed by atoms with Crippen molar-refractivity contribution in [3.63, 3.8) is 0 Å². The molecule has 0 N–H and O–H groups in total. The highest BCUT2D eigenvalue weighted by molar-refractivity contribution is 7.91. The number of carbonyl (C=O) groups excluding carboxylic acids is 1. The normalized spacial score (nSPS) is 11.0. The average molecular weight is 268 g/mol. The lowest BCUT2D eigenvalue weighted by Crippen LogP contribution is -2.13. The van der Waals surface area contributed by atoms with E-state index >= 15 is 0 Å². The summed E-state index contributed by atoms with van der Waals surface area (Å²) in [5, 5.41) is 0. The first-order valence-corrected chi connectivity index (χ1v) is 7.06. The van der Waals surface area contributed by atoms with E-state index in [1.165, 1.54) is 6.92 Å². The Kier molecular flexibility index (Phi) is 4.67. The molecule has 0 aliphatic rings. The minimum Gasteiger partial charge on any atom is -0.461 e. The molecule has 0 saturated carbocycles. The van der Waals surface area contributed by atoms with E-state index in [1.54, 1.807) is 24.3 Å². The van der Waals surface area contributed by atoms with Crippen LogP contribution in [0.25, 0.3) is 0 Å². The first-order chi connectivity index (χ1) is 8.31. The van der Waals surface area contributed by atoms with Gasteiger partial charge in [0.2, 0.25) is 0 Å². The Bertz CT molecular complexity index is 541. The van der Waals surface area contributed by atoms with Crippen molar-refractivity contribution < 1.29 is 17.9 Å². The van der Waals surface area contributed by atoms with Gasteiger partial charge in [-0.1, -0.05) is 24.3 Å². The van der Waals surface area contributed by atoms with Crippen LogP contribution in [-0.2, 0) is 19.4 Å². The van der Waals surface area contributed by atoms with Crippen LogP contribution in [0.3, 0.4) is 0 Å². The summed E-state index contributed by atoms with van der Waals surface area (Å²) in [5.41, 5.74) is 1.35. The SMILES string of the molecule is C=C(COC(C)=O)CS(=O)(=O)c1ccc(C)cc1. The Labute approximate surface area is 107 Å². The van der Waals surface area contributed by atoms with Gasteiger partial charge in [-0.3, -0.25) is 4.79 Å². The maximum Gasteiger partial charge on any atom is 0.302 e. The third-order valence-corrected chi connectivity index (χ3v) is 4.03. The van der Waals surface area contributed by atoms with Crippen LogP contribution in [0.2, 0.25) is 0 Å². The second-order valence-electron chi connectivity index (χ2n) is 4.10. The molecule has 0 heterocycles. The Balaban J connectivity index is 2.73. The van der Waals surface area contributed by atoms with E-state index in [9.17, 15) is 13.2 Å². The highest BCUT2D eigenvalue weighted by atomic mass is 32.2. The molecule has 5 heteroatoms. The van der Waals surface area contributed by atoms with Crippen molar-refractivity contribution in [1.82, 2.24) is 0 Å². The lowest BCUT2D eigenvalue weighted by Gasteiger charge is -2.07. The minimum absolute atomic E-state index is 0.0690. The van der Waals surface area contributed by atoms with Gasteiger partial charge in [0.05, 0.1) is 10.6 Å². The number of hydrogen-bond acceptors (Lipinski definition) is 4. The molecule has 4 nitrogen and oxygen atoms in total. The fourth-order valence-corrected chi connectivity index (χ4v) is 2.68. The topological polar surface area (TPSA) is 60.4 Å². The number of benzene rings is 1. The summed E-state index contributed by atoms with van der Waals surface area (Å²) in [6.45, 7) is 6.68. The number of hydrogen-bond donors (Lipinski definition) is 0. The van der Waals surface area contributed by atoms with Gasteiger partial charge in [0.1, 0.15) is 6.61 Å². The van der Waals surface area contributed by atoms with Crippen molar-refractivity contribution in [1.29, 1.82) is 0 Å². The molecule has 0 saturated heterocycles. The standard InChI is InChI=1S/C13H16O4S/c1-10-4-6-13(7-5-10)18(15,16)9-11(2)8-17-12(3)14/h4-7H,2,8-9H2,1,3H3. The van der Waals surface area contributed by atoms with Crippen molar-refractivity contribution >= 4 is 15.8 Å². The Morgan fingerprint density at radius 2 is 1.83 bits per heavy atom. The molecule has 1 aromatic rings. The van der Waals surface area contributed by atoms with Crippen molar-refractivity contribution in [2.75, 3.05) is 12.4 Å². The molecule has 0 atom stereocenters. The van der Waals surface area contributed by atoms with E-state index in [0.717, 1.165) is 5.56 Å². The predicted octanol–water partition coefficient (Wildman–Crippen LogP) is 1.89. The van der Waals surface area contributed by atoms with Gasteiger partial charge < -0.3 is 4.74 Å². The van der Waals surface area contributed by atoms with E-state index in [4.69, 9.17) is 4.74 Å². The lowest BCUT2D eigenvalue weighted by atomic mass is 10.2. The molecule has 0 aliphatic heterocycles. The molecule has 0 unspecified atom stereocenters. The summed E-state index contributed by atoms with van der Waals surface area (Å²) < 4.78 is 28.7. The monoisotopic (exact) mass is 268 g/mol. The van der Waals surface area contributed by atoms with E-state index in [1.807, 2.05) is 6.92 Å². The smallest absolute Gasteiger partial charge is 0.302 e. The zero-order chi connectivity index (χ0) is 13.8. The fraction of sp³-hybridized carbons (Fsp3) is 0.308. The van der Waals surface area contributed by atoms with Crippen molar-refractivity contribution in [3.05, 3.63) is 42.0 Å². The molecule has 18 heavy (non-hydrogen) atoms. The first kappa shape index (κ1) is 14.4. The van der Waals surface area contributed by atoms with Crippen LogP contribution in [-0.4, -0.2) is 26.7 Å². The highest BCUT2D eigenvalue weighted by Crippen LogP contribution is 2.14.